The van der Waals surface area contributed by atoms with Crippen LogP contribution in [-0.4, -0.2) is 44.1 Å². The van der Waals surface area contributed by atoms with Gasteiger partial charge in [-0.2, -0.15) is 0 Å². The minimum absolute atomic E-state index is 0.0812. The average Bonchev–Trinajstić information content (AvgIpc) is 2.46. The molecule has 1 fully saturated rings. The molecule has 1 saturated heterocycles. The van der Waals surface area contributed by atoms with E-state index in [0.717, 1.165) is 13.0 Å². The number of nitrogens with one attached hydrogen (secondary N) is 1. The molecular weight excluding hydrogens is 254 g/mol. The Morgan fingerprint density at radius 3 is 3.00 bits per heavy atom. The van der Waals surface area contributed by atoms with Crippen LogP contribution in [0.2, 0.25) is 0 Å². The van der Waals surface area contributed by atoms with E-state index in [1.807, 2.05) is 0 Å². The quantitative estimate of drug-likeness (QED) is 0.818. The van der Waals surface area contributed by atoms with Crippen molar-refractivity contribution in [3.8, 4) is 5.75 Å². The maximum absolute atomic E-state index is 12.1. The molecule has 2 rings (SSSR count). The molecule has 1 unspecified atom stereocenters. The van der Waals surface area contributed by atoms with Gasteiger partial charge in [0.05, 0.1) is 12.8 Å². The van der Waals surface area contributed by atoms with Crippen molar-refractivity contribution in [2.24, 2.45) is 0 Å². The van der Waals surface area contributed by atoms with Crippen LogP contribution in [0.4, 0.5) is 5.69 Å². The molecule has 1 aromatic rings. The van der Waals surface area contributed by atoms with E-state index >= 15 is 0 Å². The van der Waals surface area contributed by atoms with E-state index in [0.29, 0.717) is 29.6 Å². The molecule has 0 saturated carbocycles. The maximum Gasteiger partial charge on any atom is 0.251 e. The van der Waals surface area contributed by atoms with Crippen LogP contribution in [0.15, 0.2) is 18.2 Å². The van der Waals surface area contributed by atoms with Crippen LogP contribution in [0.1, 0.15) is 29.6 Å². The van der Waals surface area contributed by atoms with Crippen LogP contribution in [-0.2, 0) is 0 Å². The molecule has 0 bridgehead atoms. The lowest BCUT2D eigenvalue weighted by Gasteiger charge is -2.32. The van der Waals surface area contributed by atoms with E-state index in [4.69, 9.17) is 10.5 Å². The van der Waals surface area contributed by atoms with Gasteiger partial charge < -0.3 is 20.7 Å². The lowest BCUT2D eigenvalue weighted by Crippen LogP contribution is -2.44. The molecule has 110 valence electrons. The van der Waals surface area contributed by atoms with Gasteiger partial charge in [-0.05, 0) is 44.6 Å². The van der Waals surface area contributed by atoms with Gasteiger partial charge in [-0.1, -0.05) is 6.42 Å². The number of nitrogens with two attached hydrogens (primary N) is 1. The van der Waals surface area contributed by atoms with E-state index in [1.54, 1.807) is 25.3 Å². The van der Waals surface area contributed by atoms with Crippen molar-refractivity contribution < 1.29 is 9.53 Å². The number of ether oxygens (including phenoxy) is 1. The summed E-state index contributed by atoms with van der Waals surface area (Å²) in [5.41, 5.74) is 6.86. The highest BCUT2D eigenvalue weighted by Crippen LogP contribution is 2.22. The predicted octanol–water partition coefficient (Wildman–Crippen LogP) is 1.49. The normalized spacial score (nSPS) is 19.6. The van der Waals surface area contributed by atoms with Crippen molar-refractivity contribution in [2.45, 2.75) is 25.3 Å². The number of rotatable bonds is 4. The van der Waals surface area contributed by atoms with Crippen LogP contribution in [0.25, 0.3) is 0 Å². The third kappa shape index (κ3) is 3.42. The van der Waals surface area contributed by atoms with Crippen LogP contribution in [0.5, 0.6) is 5.75 Å². The second-order valence-electron chi connectivity index (χ2n) is 5.30. The summed E-state index contributed by atoms with van der Waals surface area (Å²) in [5.74, 6) is 0.453. The van der Waals surface area contributed by atoms with E-state index < -0.39 is 0 Å². The number of likely N-dealkylation sites (tertiary alicyclic amines) is 1. The SMILES string of the molecule is COc1cc(C(=O)NCC2CCCCN2C)ccc1N. The zero-order valence-corrected chi connectivity index (χ0v) is 12.2. The Labute approximate surface area is 120 Å². The first-order chi connectivity index (χ1) is 9.61. The van der Waals surface area contributed by atoms with E-state index in [9.17, 15) is 4.79 Å². The standard InChI is InChI=1S/C15H23N3O2/c1-18-8-4-3-5-12(18)10-17-15(19)11-6-7-13(16)14(9-11)20-2/h6-7,9,12H,3-5,8,10,16H2,1-2H3,(H,17,19). The summed E-state index contributed by atoms with van der Waals surface area (Å²) in [6, 6.07) is 5.52. The van der Waals surface area contributed by atoms with Crippen LogP contribution < -0.4 is 15.8 Å². The lowest BCUT2D eigenvalue weighted by atomic mass is 10.0. The van der Waals surface area contributed by atoms with E-state index in [1.165, 1.54) is 12.8 Å². The first kappa shape index (κ1) is 14.7. The zero-order chi connectivity index (χ0) is 14.5. The van der Waals surface area contributed by atoms with Crippen LogP contribution >= 0.6 is 0 Å². The molecule has 5 nitrogen and oxygen atoms in total. The third-order valence-electron chi connectivity index (χ3n) is 3.92. The number of carbonyl (C=O) groups is 1. The molecule has 5 heteroatoms. The largest absolute Gasteiger partial charge is 0.495 e. The summed E-state index contributed by atoms with van der Waals surface area (Å²) in [4.78, 5) is 14.5. The van der Waals surface area contributed by atoms with Gasteiger partial charge in [0.15, 0.2) is 0 Å². The zero-order valence-electron chi connectivity index (χ0n) is 12.2. The maximum atomic E-state index is 12.1. The second kappa shape index (κ2) is 6.61. The number of hydrogen-bond donors (Lipinski definition) is 2. The molecular formula is C15H23N3O2. The number of carbonyl (C=O) groups excluding carboxylic acids is 1. The average molecular weight is 277 g/mol. The Bertz CT molecular complexity index is 476. The summed E-state index contributed by atoms with van der Waals surface area (Å²) in [6.07, 6.45) is 3.62. The molecule has 1 atom stereocenters. The van der Waals surface area contributed by atoms with Crippen molar-refractivity contribution in [1.29, 1.82) is 0 Å². The first-order valence-electron chi connectivity index (χ1n) is 7.03. The van der Waals surface area contributed by atoms with E-state index in [-0.39, 0.29) is 5.91 Å². The summed E-state index contributed by atoms with van der Waals surface area (Å²) >= 11 is 0. The first-order valence-corrected chi connectivity index (χ1v) is 7.03. The number of hydrogen-bond acceptors (Lipinski definition) is 4. The number of piperidine rings is 1. The summed E-state index contributed by atoms with van der Waals surface area (Å²) in [6.45, 7) is 1.79. The number of nitrogen functional groups attached to an aromatic ring is 1. The fourth-order valence-electron chi connectivity index (χ4n) is 2.57. The highest BCUT2D eigenvalue weighted by molar-refractivity contribution is 5.95. The number of amides is 1. The van der Waals surface area contributed by atoms with Crippen molar-refractivity contribution in [3.63, 3.8) is 0 Å². The number of methoxy groups -OCH3 is 1. The predicted molar refractivity (Wildman–Crippen MR) is 80.0 cm³/mol. The van der Waals surface area contributed by atoms with Crippen molar-refractivity contribution in [2.75, 3.05) is 33.0 Å². The van der Waals surface area contributed by atoms with Gasteiger partial charge in [0, 0.05) is 18.2 Å². The summed E-state index contributed by atoms with van der Waals surface area (Å²) in [5, 5.41) is 2.99. The van der Waals surface area contributed by atoms with Gasteiger partial charge in [-0.3, -0.25) is 4.79 Å². The fourth-order valence-corrected chi connectivity index (χ4v) is 2.57. The van der Waals surface area contributed by atoms with E-state index in [2.05, 4.69) is 17.3 Å². The Hall–Kier alpha value is -1.75. The Balaban J connectivity index is 1.94. The number of nitrogens with zero attached hydrogens (tertiary/aromatic N) is 1. The molecule has 0 aliphatic carbocycles. The molecule has 1 aliphatic heterocycles. The van der Waals surface area contributed by atoms with Crippen LogP contribution in [0, 0.1) is 0 Å². The lowest BCUT2D eigenvalue weighted by molar-refractivity contribution is 0.0928. The summed E-state index contributed by atoms with van der Waals surface area (Å²) < 4.78 is 5.13. The smallest absolute Gasteiger partial charge is 0.251 e. The minimum Gasteiger partial charge on any atom is -0.495 e. The van der Waals surface area contributed by atoms with Crippen molar-refractivity contribution >= 4 is 11.6 Å². The highest BCUT2D eigenvalue weighted by atomic mass is 16.5. The molecule has 1 aliphatic rings. The molecule has 0 radical (unpaired) electrons. The van der Waals surface area contributed by atoms with Crippen LogP contribution in [0.3, 0.4) is 0 Å². The molecule has 0 aromatic heterocycles. The topological polar surface area (TPSA) is 67.6 Å². The number of likely N-dealkylation sites (N-methyl/N-ethyl adjacent to an activating group) is 1. The Morgan fingerprint density at radius 2 is 2.30 bits per heavy atom. The molecule has 1 heterocycles. The molecule has 1 amide bonds. The molecule has 0 spiro atoms. The van der Waals surface area contributed by atoms with Gasteiger partial charge in [-0.15, -0.1) is 0 Å². The Morgan fingerprint density at radius 1 is 1.50 bits per heavy atom. The number of anilines is 1. The third-order valence-corrected chi connectivity index (χ3v) is 3.92. The number of benzene rings is 1. The molecule has 1 aromatic carbocycles. The van der Waals surface area contributed by atoms with Gasteiger partial charge in [0.2, 0.25) is 0 Å². The van der Waals surface area contributed by atoms with Gasteiger partial charge in [0.25, 0.3) is 5.91 Å². The highest BCUT2D eigenvalue weighted by Gasteiger charge is 2.19. The molecule has 3 N–H and O–H groups in total. The fraction of sp³-hybridized carbons (Fsp3) is 0.533. The second-order valence-corrected chi connectivity index (χ2v) is 5.30. The van der Waals surface area contributed by atoms with Gasteiger partial charge in [0.1, 0.15) is 5.75 Å². The van der Waals surface area contributed by atoms with Crippen molar-refractivity contribution in [3.05, 3.63) is 23.8 Å². The monoisotopic (exact) mass is 277 g/mol. The van der Waals surface area contributed by atoms with Gasteiger partial charge >= 0.3 is 0 Å². The summed E-state index contributed by atoms with van der Waals surface area (Å²) in [7, 11) is 3.66. The minimum atomic E-state index is -0.0812. The Kier molecular flexibility index (Phi) is 4.84. The molecule has 20 heavy (non-hydrogen) atoms. The van der Waals surface area contributed by atoms with Gasteiger partial charge in [-0.25, -0.2) is 0 Å². The van der Waals surface area contributed by atoms with Crippen molar-refractivity contribution in [1.82, 2.24) is 10.2 Å².